The van der Waals surface area contributed by atoms with Gasteiger partial charge in [0.15, 0.2) is 0 Å². The molecule has 0 aliphatic carbocycles. The minimum atomic E-state index is -3.43. The molecule has 176 valence electrons. The largest absolute Gasteiger partial charge is 0.355 e. The van der Waals surface area contributed by atoms with E-state index in [1.165, 1.54) is 0 Å². The number of nitrogens with zero attached hydrogens (tertiary/aromatic N) is 7. The van der Waals surface area contributed by atoms with E-state index in [2.05, 4.69) is 34.8 Å². The second-order valence-corrected chi connectivity index (χ2v) is 10.7. The number of sulfonamides is 1. The Labute approximate surface area is 194 Å². The molecular formula is C22H30N8O2S. The predicted octanol–water partition coefficient (Wildman–Crippen LogP) is 1.98. The quantitative estimate of drug-likeness (QED) is 0.532. The number of anilines is 2. The summed E-state index contributed by atoms with van der Waals surface area (Å²) in [5, 5.41) is 8.05. The van der Waals surface area contributed by atoms with Crippen LogP contribution in [0.1, 0.15) is 31.7 Å². The number of aromatic nitrogens is 5. The highest BCUT2D eigenvalue weighted by molar-refractivity contribution is 7.93. The van der Waals surface area contributed by atoms with Crippen LogP contribution in [0.25, 0.3) is 0 Å². The molecule has 0 aromatic carbocycles. The lowest BCUT2D eigenvalue weighted by atomic mass is 10.3. The molecule has 0 saturated carbocycles. The lowest BCUT2D eigenvalue weighted by Crippen LogP contribution is -2.31. The molecule has 10 nitrogen and oxygen atoms in total. The lowest BCUT2D eigenvalue weighted by molar-refractivity contribution is 0.282. The molecule has 0 atom stereocenters. The molecule has 4 rings (SSSR count). The zero-order valence-electron chi connectivity index (χ0n) is 19.0. The maximum Gasteiger partial charge on any atom is 0.236 e. The van der Waals surface area contributed by atoms with Crippen LogP contribution in [0.15, 0.2) is 48.8 Å². The van der Waals surface area contributed by atoms with E-state index in [4.69, 9.17) is 0 Å². The molecule has 1 aliphatic heterocycles. The fourth-order valence-electron chi connectivity index (χ4n) is 3.65. The standard InChI is InChI=1S/C22H30N8O2S/c1-18(2)33(31,32)26-21-8-5-9-22(24-21)29-12-6-11-28(13-14-29)15-20-17-30(27-25-20)16-19-7-3-4-10-23-19/h3-5,7-10,17-18H,6,11-16H2,1-2H3,(H,24,26). The fourth-order valence-corrected chi connectivity index (χ4v) is 4.29. The van der Waals surface area contributed by atoms with Crippen LogP contribution < -0.4 is 9.62 Å². The van der Waals surface area contributed by atoms with Crippen molar-refractivity contribution in [2.45, 2.75) is 38.6 Å². The van der Waals surface area contributed by atoms with Crippen LogP contribution in [-0.4, -0.2) is 69.7 Å². The molecule has 1 aliphatic rings. The van der Waals surface area contributed by atoms with Crippen molar-refractivity contribution in [2.24, 2.45) is 0 Å². The van der Waals surface area contributed by atoms with E-state index in [0.29, 0.717) is 12.4 Å². The Balaban J connectivity index is 1.34. The zero-order valence-corrected chi connectivity index (χ0v) is 19.8. The van der Waals surface area contributed by atoms with Gasteiger partial charge in [-0.3, -0.25) is 14.6 Å². The van der Waals surface area contributed by atoms with Gasteiger partial charge in [-0.05, 0) is 44.5 Å². The lowest BCUT2D eigenvalue weighted by Gasteiger charge is -2.23. The van der Waals surface area contributed by atoms with Gasteiger partial charge in [-0.15, -0.1) is 5.10 Å². The smallest absolute Gasteiger partial charge is 0.236 e. The maximum absolute atomic E-state index is 12.2. The second kappa shape index (κ2) is 10.3. The molecule has 1 saturated heterocycles. The number of nitrogens with one attached hydrogen (secondary N) is 1. The highest BCUT2D eigenvalue weighted by Gasteiger charge is 2.19. The van der Waals surface area contributed by atoms with Crippen LogP contribution in [0, 0.1) is 0 Å². The number of rotatable bonds is 8. The van der Waals surface area contributed by atoms with E-state index in [-0.39, 0.29) is 0 Å². The average Bonchev–Trinajstić information content (AvgIpc) is 3.09. The van der Waals surface area contributed by atoms with Crippen LogP contribution in [0.4, 0.5) is 11.6 Å². The Kier molecular flexibility index (Phi) is 7.19. The van der Waals surface area contributed by atoms with E-state index in [1.807, 2.05) is 41.2 Å². The van der Waals surface area contributed by atoms with Gasteiger partial charge in [0.1, 0.15) is 11.6 Å². The summed E-state index contributed by atoms with van der Waals surface area (Å²) in [5.41, 5.74) is 1.88. The van der Waals surface area contributed by atoms with Gasteiger partial charge in [0.25, 0.3) is 0 Å². The Morgan fingerprint density at radius 2 is 1.88 bits per heavy atom. The van der Waals surface area contributed by atoms with Crippen molar-refractivity contribution in [3.05, 3.63) is 60.2 Å². The van der Waals surface area contributed by atoms with Crippen molar-refractivity contribution in [1.29, 1.82) is 0 Å². The van der Waals surface area contributed by atoms with E-state index in [1.54, 1.807) is 26.1 Å². The normalized spacial score (nSPS) is 15.5. The van der Waals surface area contributed by atoms with Crippen molar-refractivity contribution < 1.29 is 8.42 Å². The van der Waals surface area contributed by atoms with Crippen molar-refractivity contribution in [2.75, 3.05) is 35.8 Å². The molecule has 3 aromatic rings. The molecule has 4 heterocycles. The first-order valence-electron chi connectivity index (χ1n) is 11.1. The summed E-state index contributed by atoms with van der Waals surface area (Å²) >= 11 is 0. The summed E-state index contributed by atoms with van der Waals surface area (Å²) in [5.74, 6) is 1.13. The third-order valence-electron chi connectivity index (χ3n) is 5.54. The fraction of sp³-hybridized carbons (Fsp3) is 0.455. The van der Waals surface area contributed by atoms with Gasteiger partial charge in [0.2, 0.25) is 10.0 Å². The van der Waals surface area contributed by atoms with E-state index in [9.17, 15) is 8.42 Å². The van der Waals surface area contributed by atoms with E-state index in [0.717, 1.165) is 56.4 Å². The second-order valence-electron chi connectivity index (χ2n) is 8.42. The molecule has 0 bridgehead atoms. The molecule has 0 amide bonds. The summed E-state index contributed by atoms with van der Waals surface area (Å²) < 4.78 is 28.7. The SMILES string of the molecule is CC(C)S(=O)(=O)Nc1cccc(N2CCCN(Cc3cn(Cc4ccccn4)nn3)CC2)n1. The third-order valence-corrected chi connectivity index (χ3v) is 7.27. The monoisotopic (exact) mass is 470 g/mol. The van der Waals surface area contributed by atoms with Crippen LogP contribution in [0.2, 0.25) is 0 Å². The number of pyridine rings is 2. The Morgan fingerprint density at radius 3 is 2.67 bits per heavy atom. The first-order valence-corrected chi connectivity index (χ1v) is 12.7. The van der Waals surface area contributed by atoms with Gasteiger partial charge in [0, 0.05) is 38.9 Å². The minimum absolute atomic E-state index is 0.354. The Morgan fingerprint density at radius 1 is 1.00 bits per heavy atom. The third kappa shape index (κ3) is 6.26. The summed E-state index contributed by atoms with van der Waals surface area (Å²) in [6.45, 7) is 8.09. The topological polar surface area (TPSA) is 109 Å². The summed E-state index contributed by atoms with van der Waals surface area (Å²) in [7, 11) is -3.43. The molecule has 0 unspecified atom stereocenters. The van der Waals surface area contributed by atoms with Crippen LogP contribution in [-0.2, 0) is 23.1 Å². The summed E-state index contributed by atoms with van der Waals surface area (Å²) in [6, 6.07) is 11.3. The van der Waals surface area contributed by atoms with Gasteiger partial charge in [-0.25, -0.2) is 18.1 Å². The summed E-state index contributed by atoms with van der Waals surface area (Å²) in [4.78, 5) is 13.4. The van der Waals surface area contributed by atoms with Gasteiger partial charge >= 0.3 is 0 Å². The zero-order chi connectivity index (χ0) is 23.3. The van der Waals surface area contributed by atoms with Crippen LogP contribution in [0.3, 0.4) is 0 Å². The molecule has 0 radical (unpaired) electrons. The van der Waals surface area contributed by atoms with Gasteiger partial charge in [0.05, 0.1) is 29.4 Å². The first kappa shape index (κ1) is 23.1. The summed E-state index contributed by atoms with van der Waals surface area (Å²) in [6.07, 6.45) is 4.73. The van der Waals surface area contributed by atoms with Gasteiger partial charge < -0.3 is 4.90 Å². The van der Waals surface area contributed by atoms with Crippen LogP contribution >= 0.6 is 0 Å². The molecule has 0 spiro atoms. The highest BCUT2D eigenvalue weighted by atomic mass is 32.2. The van der Waals surface area contributed by atoms with E-state index >= 15 is 0 Å². The van der Waals surface area contributed by atoms with Crippen molar-refractivity contribution >= 4 is 21.7 Å². The van der Waals surface area contributed by atoms with Crippen molar-refractivity contribution in [3.63, 3.8) is 0 Å². The van der Waals surface area contributed by atoms with Crippen molar-refractivity contribution in [3.8, 4) is 0 Å². The van der Waals surface area contributed by atoms with Gasteiger partial charge in [-0.1, -0.05) is 17.3 Å². The Bertz CT molecular complexity index is 1150. The Hall–Kier alpha value is -3.05. The molecular weight excluding hydrogens is 440 g/mol. The van der Waals surface area contributed by atoms with Crippen molar-refractivity contribution in [1.82, 2.24) is 29.9 Å². The molecule has 1 N–H and O–H groups in total. The minimum Gasteiger partial charge on any atom is -0.355 e. The highest BCUT2D eigenvalue weighted by Crippen LogP contribution is 2.18. The van der Waals surface area contributed by atoms with Crippen LogP contribution in [0.5, 0.6) is 0 Å². The molecule has 3 aromatic heterocycles. The average molecular weight is 471 g/mol. The molecule has 33 heavy (non-hydrogen) atoms. The molecule has 1 fully saturated rings. The number of hydrogen-bond donors (Lipinski definition) is 1. The first-order chi connectivity index (χ1) is 15.9. The number of hydrogen-bond acceptors (Lipinski definition) is 8. The molecule has 11 heteroatoms. The predicted molar refractivity (Wildman–Crippen MR) is 127 cm³/mol. The van der Waals surface area contributed by atoms with Gasteiger partial charge in [-0.2, -0.15) is 0 Å². The maximum atomic E-state index is 12.2. The van der Waals surface area contributed by atoms with E-state index < -0.39 is 15.3 Å².